The van der Waals surface area contributed by atoms with Crippen LogP contribution in [0.2, 0.25) is 0 Å². The van der Waals surface area contributed by atoms with E-state index in [9.17, 15) is 9.18 Å². The van der Waals surface area contributed by atoms with Crippen molar-refractivity contribution in [1.82, 2.24) is 14.9 Å². The van der Waals surface area contributed by atoms with Crippen LogP contribution in [0.5, 0.6) is 0 Å². The summed E-state index contributed by atoms with van der Waals surface area (Å²) >= 11 is 3.26. The number of carbonyl (C=O) groups is 1. The average Bonchev–Trinajstić information content (AvgIpc) is 2.77. The zero-order valence-corrected chi connectivity index (χ0v) is 11.2. The molecule has 1 aromatic carbocycles. The second kappa shape index (κ2) is 5.30. The van der Waals surface area contributed by atoms with Gasteiger partial charge in [-0.25, -0.2) is 9.37 Å². The van der Waals surface area contributed by atoms with Crippen LogP contribution in [0.4, 0.5) is 4.39 Å². The van der Waals surface area contributed by atoms with Crippen molar-refractivity contribution in [3.05, 3.63) is 52.3 Å². The molecule has 0 fully saturated rings. The number of aryl methyl sites for hydroxylation is 1. The lowest BCUT2D eigenvalue weighted by atomic mass is 10.2. The molecular weight excluding hydrogens is 301 g/mol. The number of nitrogens with one attached hydrogen (secondary N) is 1. The van der Waals surface area contributed by atoms with Gasteiger partial charge in [0.05, 0.1) is 6.33 Å². The standard InChI is InChI=1S/C12H11BrFN3O/c1-17-6-11(16-7-17)12(18)15-5-8-4-9(13)2-3-10(8)14/h2-4,6-7H,5H2,1H3,(H,15,18). The van der Waals surface area contributed by atoms with Gasteiger partial charge in [0.1, 0.15) is 11.5 Å². The van der Waals surface area contributed by atoms with Crippen LogP contribution in [0.25, 0.3) is 0 Å². The van der Waals surface area contributed by atoms with E-state index in [2.05, 4.69) is 26.2 Å². The zero-order chi connectivity index (χ0) is 13.1. The summed E-state index contributed by atoms with van der Waals surface area (Å²) in [4.78, 5) is 15.6. The molecule has 6 heteroatoms. The molecule has 0 spiro atoms. The molecule has 0 unspecified atom stereocenters. The van der Waals surface area contributed by atoms with Gasteiger partial charge in [0.2, 0.25) is 0 Å². The molecule has 1 N–H and O–H groups in total. The fraction of sp³-hybridized carbons (Fsp3) is 0.167. The lowest BCUT2D eigenvalue weighted by molar-refractivity contribution is 0.0946. The monoisotopic (exact) mass is 311 g/mol. The molecule has 0 aliphatic carbocycles. The minimum Gasteiger partial charge on any atom is -0.346 e. The second-order valence-corrected chi connectivity index (χ2v) is 4.76. The molecule has 2 rings (SSSR count). The molecule has 0 bridgehead atoms. The Hall–Kier alpha value is -1.69. The largest absolute Gasteiger partial charge is 0.346 e. The van der Waals surface area contributed by atoms with Gasteiger partial charge in [0, 0.05) is 29.8 Å². The molecule has 2 aromatic rings. The van der Waals surface area contributed by atoms with Crippen LogP contribution in [0.1, 0.15) is 16.1 Å². The van der Waals surface area contributed by atoms with E-state index in [0.717, 1.165) is 4.47 Å². The summed E-state index contributed by atoms with van der Waals surface area (Å²) in [5.74, 6) is -0.672. The molecule has 0 aliphatic rings. The van der Waals surface area contributed by atoms with Gasteiger partial charge in [0.25, 0.3) is 5.91 Å². The molecule has 0 radical (unpaired) electrons. The maximum atomic E-state index is 13.4. The number of aromatic nitrogens is 2. The van der Waals surface area contributed by atoms with Gasteiger partial charge < -0.3 is 9.88 Å². The summed E-state index contributed by atoms with van der Waals surface area (Å²) in [6.07, 6.45) is 3.14. The van der Waals surface area contributed by atoms with Gasteiger partial charge in [0.15, 0.2) is 0 Å². The smallest absolute Gasteiger partial charge is 0.271 e. The Labute approximate surface area is 112 Å². The highest BCUT2D eigenvalue weighted by molar-refractivity contribution is 9.10. The molecule has 1 heterocycles. The summed E-state index contributed by atoms with van der Waals surface area (Å²) < 4.78 is 15.9. The van der Waals surface area contributed by atoms with E-state index < -0.39 is 0 Å². The predicted octanol–water partition coefficient (Wildman–Crippen LogP) is 2.25. The molecular formula is C12H11BrFN3O. The summed E-state index contributed by atoms with van der Waals surface area (Å²) in [6, 6.07) is 4.60. The lowest BCUT2D eigenvalue weighted by Gasteiger charge is -2.05. The molecule has 18 heavy (non-hydrogen) atoms. The fourth-order valence-electron chi connectivity index (χ4n) is 1.47. The van der Waals surface area contributed by atoms with Crippen LogP contribution >= 0.6 is 15.9 Å². The first-order valence-corrected chi connectivity index (χ1v) is 6.05. The molecule has 1 aromatic heterocycles. The highest BCUT2D eigenvalue weighted by Gasteiger charge is 2.09. The highest BCUT2D eigenvalue weighted by atomic mass is 79.9. The van der Waals surface area contributed by atoms with Crippen molar-refractivity contribution in [3.8, 4) is 0 Å². The van der Waals surface area contributed by atoms with Crippen LogP contribution in [-0.2, 0) is 13.6 Å². The quantitative estimate of drug-likeness (QED) is 0.945. The van der Waals surface area contributed by atoms with E-state index >= 15 is 0 Å². The number of amides is 1. The molecule has 0 atom stereocenters. The average molecular weight is 312 g/mol. The summed E-state index contributed by atoms with van der Waals surface area (Å²) in [7, 11) is 1.78. The van der Waals surface area contributed by atoms with Gasteiger partial charge >= 0.3 is 0 Å². The number of carbonyl (C=O) groups excluding carboxylic acids is 1. The number of benzene rings is 1. The Morgan fingerprint density at radius 2 is 2.33 bits per heavy atom. The first kappa shape index (κ1) is 12.8. The van der Waals surface area contributed by atoms with Gasteiger partial charge in [-0.3, -0.25) is 4.79 Å². The second-order valence-electron chi connectivity index (χ2n) is 3.84. The number of nitrogens with zero attached hydrogens (tertiary/aromatic N) is 2. The van der Waals surface area contributed by atoms with Gasteiger partial charge in [-0.2, -0.15) is 0 Å². The Kier molecular flexibility index (Phi) is 3.76. The molecule has 0 saturated carbocycles. The van der Waals surface area contributed by atoms with Crippen molar-refractivity contribution in [2.24, 2.45) is 7.05 Å². The third kappa shape index (κ3) is 2.95. The SMILES string of the molecule is Cn1cnc(C(=O)NCc2cc(Br)ccc2F)c1. The minimum absolute atomic E-state index is 0.126. The van der Waals surface area contributed by atoms with E-state index in [1.807, 2.05) is 0 Å². The fourth-order valence-corrected chi connectivity index (χ4v) is 1.88. The van der Waals surface area contributed by atoms with Crippen molar-refractivity contribution in [3.63, 3.8) is 0 Å². The zero-order valence-electron chi connectivity index (χ0n) is 9.65. The Balaban J connectivity index is 2.03. The number of hydrogen-bond donors (Lipinski definition) is 1. The van der Waals surface area contributed by atoms with E-state index in [1.165, 1.54) is 12.4 Å². The van der Waals surface area contributed by atoms with Crippen molar-refractivity contribution >= 4 is 21.8 Å². The van der Waals surface area contributed by atoms with E-state index in [4.69, 9.17) is 0 Å². The summed E-state index contributed by atoms with van der Waals surface area (Å²) in [5, 5.41) is 2.62. The van der Waals surface area contributed by atoms with Gasteiger partial charge in [-0.1, -0.05) is 15.9 Å². The predicted molar refractivity (Wildman–Crippen MR) is 68.5 cm³/mol. The number of halogens is 2. The topological polar surface area (TPSA) is 46.9 Å². The summed E-state index contributed by atoms with van der Waals surface area (Å²) in [5.41, 5.74) is 0.738. The first-order valence-electron chi connectivity index (χ1n) is 5.26. The maximum absolute atomic E-state index is 13.4. The number of rotatable bonds is 3. The van der Waals surface area contributed by atoms with E-state index in [-0.39, 0.29) is 18.3 Å². The third-order valence-corrected chi connectivity index (χ3v) is 2.88. The van der Waals surface area contributed by atoms with Crippen LogP contribution in [0, 0.1) is 5.82 Å². The number of hydrogen-bond acceptors (Lipinski definition) is 2. The Bertz CT molecular complexity index is 582. The normalized spacial score (nSPS) is 10.4. The lowest BCUT2D eigenvalue weighted by Crippen LogP contribution is -2.23. The molecule has 94 valence electrons. The van der Waals surface area contributed by atoms with Crippen LogP contribution in [-0.4, -0.2) is 15.5 Å². The van der Waals surface area contributed by atoms with Crippen molar-refractivity contribution in [2.75, 3.05) is 0 Å². The first-order chi connectivity index (χ1) is 8.56. The Morgan fingerprint density at radius 1 is 1.56 bits per heavy atom. The van der Waals surface area contributed by atoms with Crippen LogP contribution in [0.15, 0.2) is 35.2 Å². The third-order valence-electron chi connectivity index (χ3n) is 2.38. The molecule has 0 saturated heterocycles. The summed E-state index contributed by atoms with van der Waals surface area (Å²) in [6.45, 7) is 0.126. The van der Waals surface area contributed by atoms with Crippen molar-refractivity contribution in [1.29, 1.82) is 0 Å². The number of imidazole rings is 1. The molecule has 0 aliphatic heterocycles. The molecule has 1 amide bonds. The van der Waals surface area contributed by atoms with Gasteiger partial charge in [-0.15, -0.1) is 0 Å². The minimum atomic E-state index is -0.348. The van der Waals surface area contributed by atoms with Crippen LogP contribution in [0.3, 0.4) is 0 Å². The van der Waals surface area contributed by atoms with Crippen LogP contribution < -0.4 is 5.32 Å². The van der Waals surface area contributed by atoms with Gasteiger partial charge in [-0.05, 0) is 18.2 Å². The Morgan fingerprint density at radius 3 is 3.00 bits per heavy atom. The maximum Gasteiger partial charge on any atom is 0.271 e. The van der Waals surface area contributed by atoms with E-state index in [1.54, 1.807) is 29.9 Å². The molecule has 4 nitrogen and oxygen atoms in total. The van der Waals surface area contributed by atoms with E-state index in [0.29, 0.717) is 11.3 Å². The highest BCUT2D eigenvalue weighted by Crippen LogP contribution is 2.15. The van der Waals surface area contributed by atoms with Crippen molar-refractivity contribution in [2.45, 2.75) is 6.54 Å². The van der Waals surface area contributed by atoms with Crippen molar-refractivity contribution < 1.29 is 9.18 Å².